The van der Waals surface area contributed by atoms with Crippen LogP contribution in [0.1, 0.15) is 17.5 Å². The summed E-state index contributed by atoms with van der Waals surface area (Å²) < 4.78 is 0. The minimum Gasteiger partial charge on any atom is -0.365 e. The molecule has 0 radical (unpaired) electrons. The van der Waals surface area contributed by atoms with Gasteiger partial charge in [-0.1, -0.05) is 41.9 Å². The highest BCUT2D eigenvalue weighted by atomic mass is 35.5. The molecule has 25 heavy (non-hydrogen) atoms. The van der Waals surface area contributed by atoms with Crippen molar-refractivity contribution in [3.8, 4) is 0 Å². The van der Waals surface area contributed by atoms with Gasteiger partial charge in [-0.25, -0.2) is 0 Å². The van der Waals surface area contributed by atoms with Gasteiger partial charge in [0.1, 0.15) is 0 Å². The van der Waals surface area contributed by atoms with Crippen molar-refractivity contribution in [2.75, 3.05) is 16.8 Å². The standard InChI is InChI=1S/C19H18ClN5/c20-16-9-7-14(8-10-16)12-21-18-13-22-24-19(23-18)25-11-3-5-15-4-1-2-6-17(15)25/h1-2,4,6-10,13H,3,5,11-12H2,(H,21,23,24). The van der Waals surface area contributed by atoms with E-state index in [4.69, 9.17) is 11.6 Å². The molecule has 5 nitrogen and oxygen atoms in total. The maximum Gasteiger partial charge on any atom is 0.251 e. The zero-order valence-corrected chi connectivity index (χ0v) is 14.4. The topological polar surface area (TPSA) is 53.9 Å². The molecule has 2 aromatic carbocycles. The van der Waals surface area contributed by atoms with E-state index in [9.17, 15) is 0 Å². The monoisotopic (exact) mass is 351 g/mol. The average molecular weight is 352 g/mol. The number of rotatable bonds is 4. The molecular formula is C19H18ClN5. The molecule has 0 bridgehead atoms. The lowest BCUT2D eigenvalue weighted by molar-refractivity contribution is 0.741. The summed E-state index contributed by atoms with van der Waals surface area (Å²) in [7, 11) is 0. The Morgan fingerprint density at radius 1 is 1.08 bits per heavy atom. The van der Waals surface area contributed by atoms with E-state index in [0.717, 1.165) is 30.0 Å². The summed E-state index contributed by atoms with van der Waals surface area (Å²) in [6.45, 7) is 1.56. The first kappa shape index (κ1) is 15.8. The predicted molar refractivity (Wildman–Crippen MR) is 100 cm³/mol. The molecule has 0 saturated heterocycles. The van der Waals surface area contributed by atoms with Crippen LogP contribution in [0.25, 0.3) is 0 Å². The molecule has 3 aromatic rings. The second-order valence-electron chi connectivity index (χ2n) is 6.01. The fraction of sp³-hybridized carbons (Fsp3) is 0.211. The minimum atomic E-state index is 0.633. The second kappa shape index (κ2) is 7.07. The molecule has 0 saturated carbocycles. The lowest BCUT2D eigenvalue weighted by Crippen LogP contribution is -2.26. The smallest absolute Gasteiger partial charge is 0.251 e. The van der Waals surface area contributed by atoms with E-state index in [0.29, 0.717) is 18.3 Å². The molecule has 0 fully saturated rings. The molecule has 1 N–H and O–H groups in total. The quantitative estimate of drug-likeness (QED) is 0.762. The predicted octanol–water partition coefficient (Wildman–Crippen LogP) is 4.22. The van der Waals surface area contributed by atoms with Crippen LogP contribution in [0.3, 0.4) is 0 Å². The van der Waals surface area contributed by atoms with E-state index in [1.807, 2.05) is 30.3 Å². The van der Waals surface area contributed by atoms with E-state index < -0.39 is 0 Å². The van der Waals surface area contributed by atoms with Gasteiger partial charge in [-0.3, -0.25) is 0 Å². The molecule has 0 aliphatic carbocycles. The Morgan fingerprint density at radius 2 is 1.92 bits per heavy atom. The Bertz CT molecular complexity index is 866. The van der Waals surface area contributed by atoms with Crippen molar-refractivity contribution in [3.05, 3.63) is 70.9 Å². The van der Waals surface area contributed by atoms with Crippen molar-refractivity contribution in [1.29, 1.82) is 0 Å². The zero-order valence-electron chi connectivity index (χ0n) is 13.7. The van der Waals surface area contributed by atoms with E-state index in [1.165, 1.54) is 11.3 Å². The number of benzene rings is 2. The Morgan fingerprint density at radius 3 is 2.80 bits per heavy atom. The molecule has 6 heteroatoms. The van der Waals surface area contributed by atoms with Crippen molar-refractivity contribution in [2.24, 2.45) is 0 Å². The highest BCUT2D eigenvalue weighted by Crippen LogP contribution is 2.31. The molecule has 0 unspecified atom stereocenters. The van der Waals surface area contributed by atoms with Gasteiger partial charge in [0, 0.05) is 23.8 Å². The number of anilines is 3. The zero-order chi connectivity index (χ0) is 17.1. The Hall–Kier alpha value is -2.66. The number of halogens is 1. The highest BCUT2D eigenvalue weighted by molar-refractivity contribution is 6.30. The summed E-state index contributed by atoms with van der Waals surface area (Å²) in [6, 6.07) is 16.2. The number of nitrogens with zero attached hydrogens (tertiary/aromatic N) is 4. The number of para-hydroxylation sites is 1. The van der Waals surface area contributed by atoms with Crippen LogP contribution in [0, 0.1) is 0 Å². The van der Waals surface area contributed by atoms with Gasteiger partial charge in [-0.15, -0.1) is 5.10 Å². The van der Waals surface area contributed by atoms with Crippen molar-refractivity contribution in [3.63, 3.8) is 0 Å². The van der Waals surface area contributed by atoms with Gasteiger partial charge < -0.3 is 10.2 Å². The summed E-state index contributed by atoms with van der Waals surface area (Å²) in [5.74, 6) is 1.34. The molecule has 0 spiro atoms. The largest absolute Gasteiger partial charge is 0.365 e. The molecule has 0 atom stereocenters. The summed E-state index contributed by atoms with van der Waals surface area (Å²) in [5, 5.41) is 12.4. The van der Waals surface area contributed by atoms with Gasteiger partial charge in [0.2, 0.25) is 0 Å². The van der Waals surface area contributed by atoms with Gasteiger partial charge in [-0.2, -0.15) is 10.1 Å². The first-order chi connectivity index (χ1) is 12.3. The van der Waals surface area contributed by atoms with E-state index in [2.05, 4.69) is 43.6 Å². The van der Waals surface area contributed by atoms with Gasteiger partial charge in [0.05, 0.1) is 6.20 Å². The molecule has 2 heterocycles. The van der Waals surface area contributed by atoms with Crippen LogP contribution in [0.15, 0.2) is 54.7 Å². The number of nitrogens with one attached hydrogen (secondary N) is 1. The minimum absolute atomic E-state index is 0.633. The molecular weight excluding hydrogens is 334 g/mol. The molecule has 126 valence electrons. The number of aryl methyl sites for hydroxylation is 1. The second-order valence-corrected chi connectivity index (χ2v) is 6.44. The van der Waals surface area contributed by atoms with E-state index in [1.54, 1.807) is 6.20 Å². The molecule has 4 rings (SSSR count). The third kappa shape index (κ3) is 3.56. The SMILES string of the molecule is Clc1ccc(CNc2cnnc(N3CCCc4ccccc43)n2)cc1. The maximum absolute atomic E-state index is 5.92. The molecule has 1 aliphatic heterocycles. The van der Waals surface area contributed by atoms with Crippen LogP contribution in [0.2, 0.25) is 5.02 Å². The Kier molecular flexibility index (Phi) is 4.48. The normalized spacial score (nSPS) is 13.4. The fourth-order valence-electron chi connectivity index (χ4n) is 3.03. The van der Waals surface area contributed by atoms with Gasteiger partial charge >= 0.3 is 0 Å². The van der Waals surface area contributed by atoms with Gasteiger partial charge in [0.15, 0.2) is 5.82 Å². The fourth-order valence-corrected chi connectivity index (χ4v) is 3.16. The number of hydrogen-bond acceptors (Lipinski definition) is 5. The van der Waals surface area contributed by atoms with E-state index >= 15 is 0 Å². The molecule has 1 aliphatic rings. The number of aromatic nitrogens is 3. The molecule has 0 amide bonds. The first-order valence-corrected chi connectivity index (χ1v) is 8.71. The number of fused-ring (bicyclic) bond motifs is 1. The van der Waals surface area contributed by atoms with Crippen molar-refractivity contribution in [1.82, 2.24) is 15.2 Å². The third-order valence-electron chi connectivity index (χ3n) is 4.29. The van der Waals surface area contributed by atoms with Gasteiger partial charge in [0.25, 0.3) is 5.95 Å². The summed E-state index contributed by atoms with van der Waals surface area (Å²) >= 11 is 5.92. The lowest BCUT2D eigenvalue weighted by atomic mass is 10.0. The average Bonchev–Trinajstić information content (AvgIpc) is 2.67. The lowest BCUT2D eigenvalue weighted by Gasteiger charge is -2.29. The van der Waals surface area contributed by atoms with Crippen LogP contribution in [0.4, 0.5) is 17.5 Å². The van der Waals surface area contributed by atoms with Crippen molar-refractivity contribution >= 4 is 29.1 Å². The highest BCUT2D eigenvalue weighted by Gasteiger charge is 2.20. The summed E-state index contributed by atoms with van der Waals surface area (Å²) in [6.07, 6.45) is 3.83. The molecule has 1 aromatic heterocycles. The number of hydrogen-bond donors (Lipinski definition) is 1. The van der Waals surface area contributed by atoms with Crippen LogP contribution in [0.5, 0.6) is 0 Å². The van der Waals surface area contributed by atoms with Crippen LogP contribution < -0.4 is 10.2 Å². The van der Waals surface area contributed by atoms with Crippen LogP contribution in [-0.2, 0) is 13.0 Å². The Labute approximate surface area is 151 Å². The summed E-state index contributed by atoms with van der Waals surface area (Å²) in [5.41, 5.74) is 3.63. The van der Waals surface area contributed by atoms with Crippen LogP contribution >= 0.6 is 11.6 Å². The third-order valence-corrected chi connectivity index (χ3v) is 4.54. The summed E-state index contributed by atoms with van der Waals surface area (Å²) in [4.78, 5) is 6.78. The van der Waals surface area contributed by atoms with Crippen molar-refractivity contribution < 1.29 is 0 Å². The van der Waals surface area contributed by atoms with Gasteiger partial charge in [-0.05, 0) is 42.2 Å². The van der Waals surface area contributed by atoms with Crippen molar-refractivity contribution in [2.45, 2.75) is 19.4 Å². The Balaban J connectivity index is 1.53. The maximum atomic E-state index is 5.92. The first-order valence-electron chi connectivity index (χ1n) is 8.33. The van der Waals surface area contributed by atoms with E-state index in [-0.39, 0.29) is 0 Å². The van der Waals surface area contributed by atoms with Crippen LogP contribution in [-0.4, -0.2) is 21.7 Å².